The quantitative estimate of drug-likeness (QED) is 0.253. The Kier molecular flexibility index (Phi) is 8.34. The van der Waals surface area contributed by atoms with Gasteiger partial charge in [0.25, 0.3) is 11.8 Å². The number of amides is 2. The molecule has 3 aromatic rings. The SMILES string of the molecule is CN(C)c1ccc(NC(=S)N2CCC(c3nc(C(=O)NNC(=O)c4ccnc(Cl)c4)cs3)CC2)cc1. The van der Waals surface area contributed by atoms with Crippen molar-refractivity contribution in [3.8, 4) is 0 Å². The Balaban J connectivity index is 1.25. The van der Waals surface area contributed by atoms with Gasteiger partial charge in [0.05, 0.1) is 5.01 Å². The average molecular weight is 544 g/mol. The number of thiocarbonyl (C=S) groups is 1. The van der Waals surface area contributed by atoms with E-state index in [-0.39, 0.29) is 16.8 Å². The lowest BCUT2D eigenvalue weighted by Crippen LogP contribution is -2.42. The number of carbonyl (C=O) groups excluding carboxylic acids is 2. The van der Waals surface area contributed by atoms with Crippen molar-refractivity contribution in [1.82, 2.24) is 25.7 Å². The van der Waals surface area contributed by atoms with Gasteiger partial charge in [0, 0.05) is 61.6 Å². The topological polar surface area (TPSA) is 102 Å². The number of hydrogen-bond donors (Lipinski definition) is 3. The van der Waals surface area contributed by atoms with E-state index in [4.69, 9.17) is 23.8 Å². The maximum atomic E-state index is 12.5. The minimum Gasteiger partial charge on any atom is -0.378 e. The van der Waals surface area contributed by atoms with Gasteiger partial charge in [-0.05, 0) is 61.5 Å². The lowest BCUT2D eigenvalue weighted by atomic mass is 9.98. The minimum absolute atomic E-state index is 0.194. The zero-order valence-corrected chi connectivity index (χ0v) is 22.2. The van der Waals surface area contributed by atoms with Crippen molar-refractivity contribution >= 4 is 63.5 Å². The number of thiazole rings is 1. The molecular formula is C24H26ClN7O2S2. The number of aromatic nitrogens is 2. The van der Waals surface area contributed by atoms with Crippen molar-refractivity contribution in [2.75, 3.05) is 37.4 Å². The summed E-state index contributed by atoms with van der Waals surface area (Å²) in [5, 5.41) is 6.83. The largest absolute Gasteiger partial charge is 0.378 e. The number of halogens is 1. The lowest BCUT2D eigenvalue weighted by molar-refractivity contribution is 0.0844. The van der Waals surface area contributed by atoms with E-state index < -0.39 is 11.8 Å². The number of benzene rings is 1. The van der Waals surface area contributed by atoms with Crippen LogP contribution in [0, 0.1) is 0 Å². The highest BCUT2D eigenvalue weighted by molar-refractivity contribution is 7.80. The van der Waals surface area contributed by atoms with Crippen LogP contribution in [-0.2, 0) is 0 Å². The maximum absolute atomic E-state index is 12.5. The third kappa shape index (κ3) is 6.48. The highest BCUT2D eigenvalue weighted by atomic mass is 35.5. The summed E-state index contributed by atoms with van der Waals surface area (Å²) < 4.78 is 0. The predicted molar refractivity (Wildman–Crippen MR) is 147 cm³/mol. The molecule has 12 heteroatoms. The fourth-order valence-electron chi connectivity index (χ4n) is 3.75. The van der Waals surface area contributed by atoms with Crippen LogP contribution in [0.4, 0.5) is 11.4 Å². The first kappa shape index (κ1) is 25.8. The summed E-state index contributed by atoms with van der Waals surface area (Å²) in [5.41, 5.74) is 7.41. The van der Waals surface area contributed by atoms with Crippen molar-refractivity contribution < 1.29 is 9.59 Å². The van der Waals surface area contributed by atoms with Crippen molar-refractivity contribution in [2.45, 2.75) is 18.8 Å². The standard InChI is InChI=1S/C24H26ClN7O2S2/c1-31(2)18-5-3-17(4-6-18)27-24(35)32-11-8-15(9-12-32)23-28-19(14-36-23)22(34)30-29-21(33)16-7-10-26-20(25)13-16/h3-7,10,13-15H,8-9,11-12H2,1-2H3,(H,27,35)(H,29,33)(H,30,34). The third-order valence-electron chi connectivity index (χ3n) is 5.80. The van der Waals surface area contributed by atoms with Gasteiger partial charge in [-0.25, -0.2) is 9.97 Å². The van der Waals surface area contributed by atoms with Crippen molar-refractivity contribution in [2.24, 2.45) is 0 Å². The second kappa shape index (κ2) is 11.6. The van der Waals surface area contributed by atoms with Gasteiger partial charge in [-0.1, -0.05) is 11.6 Å². The second-order valence-corrected chi connectivity index (χ2v) is 10.1. The molecule has 1 fully saturated rings. The first-order chi connectivity index (χ1) is 17.3. The van der Waals surface area contributed by atoms with E-state index in [1.807, 2.05) is 38.4 Å². The smallest absolute Gasteiger partial charge is 0.289 e. The molecule has 0 aliphatic carbocycles. The van der Waals surface area contributed by atoms with Gasteiger partial charge < -0.3 is 15.1 Å². The molecule has 9 nitrogen and oxygen atoms in total. The number of piperidine rings is 1. The summed E-state index contributed by atoms with van der Waals surface area (Å²) >= 11 is 12.9. The van der Waals surface area contributed by atoms with Gasteiger partial charge in [-0.3, -0.25) is 20.4 Å². The van der Waals surface area contributed by atoms with Crippen molar-refractivity contribution in [1.29, 1.82) is 0 Å². The molecule has 0 saturated carbocycles. The summed E-state index contributed by atoms with van der Waals surface area (Å²) in [6.45, 7) is 1.61. The normalized spacial score (nSPS) is 13.7. The molecule has 0 radical (unpaired) electrons. The van der Waals surface area contributed by atoms with Gasteiger partial charge in [0.15, 0.2) is 5.11 Å². The Hall–Kier alpha value is -3.28. The van der Waals surface area contributed by atoms with E-state index in [9.17, 15) is 9.59 Å². The fraction of sp³-hybridized carbons (Fsp3) is 0.292. The summed E-state index contributed by atoms with van der Waals surface area (Å²) in [7, 11) is 4.02. The van der Waals surface area contributed by atoms with Crippen LogP contribution in [0.15, 0.2) is 48.0 Å². The Labute approximate surface area is 223 Å². The molecule has 1 saturated heterocycles. The molecule has 3 heterocycles. The summed E-state index contributed by atoms with van der Waals surface area (Å²) in [6.07, 6.45) is 3.19. The number of anilines is 2. The van der Waals surface area contributed by atoms with Crippen LogP contribution in [-0.4, -0.2) is 59.0 Å². The second-order valence-electron chi connectivity index (χ2n) is 8.48. The first-order valence-corrected chi connectivity index (χ1v) is 13.0. The van der Waals surface area contributed by atoms with E-state index in [2.05, 4.69) is 35.9 Å². The Morgan fingerprint density at radius 3 is 2.47 bits per heavy atom. The van der Waals surface area contributed by atoms with Crippen LogP contribution in [0.25, 0.3) is 0 Å². The molecule has 0 spiro atoms. The van der Waals surface area contributed by atoms with Crippen LogP contribution < -0.4 is 21.1 Å². The molecule has 0 atom stereocenters. The van der Waals surface area contributed by atoms with Gasteiger partial charge in [-0.2, -0.15) is 0 Å². The molecule has 2 aromatic heterocycles. The molecule has 3 N–H and O–H groups in total. The number of likely N-dealkylation sites (tertiary alicyclic amines) is 1. The molecular weight excluding hydrogens is 518 g/mol. The van der Waals surface area contributed by atoms with Crippen LogP contribution in [0.1, 0.15) is 44.6 Å². The third-order valence-corrected chi connectivity index (χ3v) is 7.37. The average Bonchev–Trinajstić information content (AvgIpc) is 3.38. The van der Waals surface area contributed by atoms with E-state index in [1.54, 1.807) is 5.38 Å². The molecule has 188 valence electrons. The molecule has 1 aromatic carbocycles. The number of hydrazine groups is 1. The van der Waals surface area contributed by atoms with Gasteiger partial charge in [0.1, 0.15) is 10.8 Å². The number of carbonyl (C=O) groups is 2. The monoisotopic (exact) mass is 543 g/mol. The lowest BCUT2D eigenvalue weighted by Gasteiger charge is -2.33. The van der Waals surface area contributed by atoms with E-state index in [0.29, 0.717) is 10.7 Å². The van der Waals surface area contributed by atoms with Gasteiger partial charge in [0.2, 0.25) is 0 Å². The number of hydrogen-bond acceptors (Lipinski definition) is 7. The van der Waals surface area contributed by atoms with Gasteiger partial charge >= 0.3 is 0 Å². The molecule has 0 bridgehead atoms. The van der Waals surface area contributed by atoms with E-state index in [1.165, 1.54) is 29.7 Å². The van der Waals surface area contributed by atoms with E-state index >= 15 is 0 Å². The molecule has 1 aliphatic heterocycles. The van der Waals surface area contributed by atoms with Crippen LogP contribution in [0.3, 0.4) is 0 Å². The summed E-state index contributed by atoms with van der Waals surface area (Å²) in [4.78, 5) is 37.2. The highest BCUT2D eigenvalue weighted by Gasteiger charge is 2.25. The molecule has 2 amide bonds. The van der Waals surface area contributed by atoms with Crippen LogP contribution in [0.5, 0.6) is 0 Å². The number of nitrogens with one attached hydrogen (secondary N) is 3. The Morgan fingerprint density at radius 2 is 1.81 bits per heavy atom. The summed E-state index contributed by atoms with van der Waals surface area (Å²) in [5.74, 6) is -0.716. The number of nitrogens with zero attached hydrogens (tertiary/aromatic N) is 4. The minimum atomic E-state index is -0.492. The van der Waals surface area contributed by atoms with Crippen LogP contribution in [0.2, 0.25) is 5.15 Å². The Bertz CT molecular complexity index is 1240. The first-order valence-electron chi connectivity index (χ1n) is 11.3. The van der Waals surface area contributed by atoms with Crippen LogP contribution >= 0.6 is 35.2 Å². The molecule has 4 rings (SSSR count). The van der Waals surface area contributed by atoms with E-state index in [0.717, 1.165) is 42.3 Å². The number of rotatable bonds is 5. The zero-order chi connectivity index (χ0) is 25.7. The summed E-state index contributed by atoms with van der Waals surface area (Å²) in [6, 6.07) is 11.1. The highest BCUT2D eigenvalue weighted by Crippen LogP contribution is 2.30. The molecule has 1 aliphatic rings. The van der Waals surface area contributed by atoms with Crippen molar-refractivity contribution in [3.63, 3.8) is 0 Å². The predicted octanol–water partition coefficient (Wildman–Crippen LogP) is 3.91. The van der Waals surface area contributed by atoms with Gasteiger partial charge in [-0.15, -0.1) is 11.3 Å². The molecule has 0 unspecified atom stereocenters. The maximum Gasteiger partial charge on any atom is 0.289 e. The zero-order valence-electron chi connectivity index (χ0n) is 19.8. The Morgan fingerprint density at radius 1 is 1.11 bits per heavy atom. The van der Waals surface area contributed by atoms with Crippen molar-refractivity contribution in [3.05, 3.63) is 69.4 Å². The molecule has 36 heavy (non-hydrogen) atoms. The number of pyridine rings is 1. The fourth-order valence-corrected chi connectivity index (χ4v) is 5.19.